The van der Waals surface area contributed by atoms with Gasteiger partial charge in [-0.2, -0.15) is 0 Å². The van der Waals surface area contributed by atoms with Crippen LogP contribution in [0.3, 0.4) is 0 Å². The van der Waals surface area contributed by atoms with Gasteiger partial charge in [0.1, 0.15) is 11.6 Å². The minimum absolute atomic E-state index is 0.232. The number of sulfonamides is 1. The molecule has 0 bridgehead atoms. The molecule has 0 aromatic heterocycles. The van der Waals surface area contributed by atoms with Gasteiger partial charge in [0.15, 0.2) is 0 Å². The Labute approximate surface area is 152 Å². The topological polar surface area (TPSA) is 84.5 Å². The zero-order valence-electron chi connectivity index (χ0n) is 14.6. The molecule has 140 valence electrons. The van der Waals surface area contributed by atoms with Crippen molar-refractivity contribution in [3.8, 4) is 5.75 Å². The number of carbonyl (C=O) groups is 1. The SMILES string of the molecule is CCCCOc1ccc(C(=O)Nc2ccc(F)c(NS(C)(=O)=O)c2)cc1. The molecule has 0 aliphatic carbocycles. The number of benzene rings is 2. The Balaban J connectivity index is 2.06. The third-order valence-corrected chi connectivity index (χ3v) is 3.99. The molecule has 26 heavy (non-hydrogen) atoms. The van der Waals surface area contributed by atoms with Crippen LogP contribution >= 0.6 is 0 Å². The van der Waals surface area contributed by atoms with Crippen molar-refractivity contribution in [3.63, 3.8) is 0 Å². The van der Waals surface area contributed by atoms with Gasteiger partial charge in [-0.25, -0.2) is 12.8 Å². The minimum atomic E-state index is -3.63. The normalized spacial score (nSPS) is 11.0. The van der Waals surface area contributed by atoms with Gasteiger partial charge in [0.2, 0.25) is 10.0 Å². The Morgan fingerprint density at radius 2 is 1.85 bits per heavy atom. The average molecular weight is 380 g/mol. The number of hydrogen-bond donors (Lipinski definition) is 2. The molecule has 0 fully saturated rings. The van der Waals surface area contributed by atoms with Crippen LogP contribution in [0.1, 0.15) is 30.1 Å². The van der Waals surface area contributed by atoms with Crippen LogP contribution in [0.2, 0.25) is 0 Å². The largest absolute Gasteiger partial charge is 0.494 e. The number of carbonyl (C=O) groups excluding carboxylic acids is 1. The van der Waals surface area contributed by atoms with E-state index in [1.165, 1.54) is 12.1 Å². The van der Waals surface area contributed by atoms with Gasteiger partial charge in [0, 0.05) is 11.3 Å². The van der Waals surface area contributed by atoms with Crippen molar-refractivity contribution in [1.29, 1.82) is 0 Å². The summed E-state index contributed by atoms with van der Waals surface area (Å²) in [6.45, 7) is 2.69. The van der Waals surface area contributed by atoms with E-state index in [1.54, 1.807) is 24.3 Å². The first-order chi connectivity index (χ1) is 12.3. The fourth-order valence-electron chi connectivity index (χ4n) is 2.12. The van der Waals surface area contributed by atoms with Crippen LogP contribution in [0.5, 0.6) is 5.75 Å². The van der Waals surface area contributed by atoms with Gasteiger partial charge in [-0.05, 0) is 48.9 Å². The molecule has 0 atom stereocenters. The van der Waals surface area contributed by atoms with E-state index in [0.29, 0.717) is 17.9 Å². The summed E-state index contributed by atoms with van der Waals surface area (Å²) in [7, 11) is -3.63. The lowest BCUT2D eigenvalue weighted by molar-refractivity contribution is 0.102. The molecule has 0 aliphatic heterocycles. The summed E-state index contributed by atoms with van der Waals surface area (Å²) in [5, 5.41) is 2.60. The molecule has 0 spiro atoms. The van der Waals surface area contributed by atoms with E-state index in [0.717, 1.165) is 25.2 Å². The predicted octanol–water partition coefficient (Wildman–Crippen LogP) is 3.63. The highest BCUT2D eigenvalue weighted by molar-refractivity contribution is 7.92. The van der Waals surface area contributed by atoms with Crippen molar-refractivity contribution >= 4 is 27.3 Å². The van der Waals surface area contributed by atoms with Crippen LogP contribution in [-0.4, -0.2) is 27.2 Å². The van der Waals surface area contributed by atoms with Crippen molar-refractivity contribution in [3.05, 3.63) is 53.8 Å². The summed E-state index contributed by atoms with van der Waals surface area (Å²) in [5.41, 5.74) is 0.436. The Hall–Kier alpha value is -2.61. The van der Waals surface area contributed by atoms with E-state index in [-0.39, 0.29) is 11.4 Å². The number of ether oxygens (including phenoxy) is 1. The third kappa shape index (κ3) is 6.03. The Kier molecular flexibility index (Phi) is 6.57. The summed E-state index contributed by atoms with van der Waals surface area (Å²) in [4.78, 5) is 12.3. The van der Waals surface area contributed by atoms with Gasteiger partial charge in [-0.1, -0.05) is 13.3 Å². The van der Waals surface area contributed by atoms with Gasteiger partial charge in [-0.3, -0.25) is 9.52 Å². The first-order valence-corrected chi connectivity index (χ1v) is 9.99. The van der Waals surface area contributed by atoms with Crippen LogP contribution in [0.15, 0.2) is 42.5 Å². The summed E-state index contributed by atoms with van der Waals surface area (Å²) in [6.07, 6.45) is 2.91. The fourth-order valence-corrected chi connectivity index (χ4v) is 2.68. The summed E-state index contributed by atoms with van der Waals surface area (Å²) in [6, 6.07) is 10.3. The fraction of sp³-hybridized carbons (Fsp3) is 0.278. The molecule has 6 nitrogen and oxygen atoms in total. The van der Waals surface area contributed by atoms with Crippen LogP contribution in [0.25, 0.3) is 0 Å². The van der Waals surface area contributed by atoms with Gasteiger partial charge in [-0.15, -0.1) is 0 Å². The lowest BCUT2D eigenvalue weighted by Gasteiger charge is -2.10. The van der Waals surface area contributed by atoms with Crippen LogP contribution in [0.4, 0.5) is 15.8 Å². The zero-order valence-corrected chi connectivity index (χ0v) is 15.4. The molecule has 2 rings (SSSR count). The van der Waals surface area contributed by atoms with E-state index >= 15 is 0 Å². The first kappa shape index (κ1) is 19.7. The van der Waals surface area contributed by atoms with Crippen molar-refractivity contribution in [2.24, 2.45) is 0 Å². The van der Waals surface area contributed by atoms with Gasteiger partial charge >= 0.3 is 0 Å². The molecule has 2 aromatic rings. The molecule has 2 aromatic carbocycles. The number of hydrogen-bond acceptors (Lipinski definition) is 4. The van der Waals surface area contributed by atoms with Gasteiger partial charge < -0.3 is 10.1 Å². The van der Waals surface area contributed by atoms with Crippen molar-refractivity contribution in [2.75, 3.05) is 22.9 Å². The van der Waals surface area contributed by atoms with Crippen molar-refractivity contribution in [1.82, 2.24) is 0 Å². The Morgan fingerprint density at radius 1 is 1.15 bits per heavy atom. The molecule has 1 amide bonds. The summed E-state index contributed by atoms with van der Waals surface area (Å²) < 4.78 is 43.8. The second kappa shape index (κ2) is 8.66. The summed E-state index contributed by atoms with van der Waals surface area (Å²) >= 11 is 0. The number of nitrogens with one attached hydrogen (secondary N) is 2. The molecule has 0 saturated carbocycles. The maximum absolute atomic E-state index is 13.7. The molecular formula is C18H21FN2O4S. The van der Waals surface area contributed by atoms with Crippen molar-refractivity contribution in [2.45, 2.75) is 19.8 Å². The Morgan fingerprint density at radius 3 is 2.46 bits per heavy atom. The number of amides is 1. The van der Waals surface area contributed by atoms with Gasteiger partial charge in [0.25, 0.3) is 5.91 Å². The van der Waals surface area contributed by atoms with Crippen LogP contribution in [0, 0.1) is 5.82 Å². The van der Waals surface area contributed by atoms with E-state index in [2.05, 4.69) is 17.0 Å². The number of halogens is 1. The van der Waals surface area contributed by atoms with Crippen LogP contribution < -0.4 is 14.8 Å². The molecule has 0 saturated heterocycles. The third-order valence-electron chi connectivity index (χ3n) is 3.40. The maximum atomic E-state index is 13.7. The number of anilines is 2. The van der Waals surface area contributed by atoms with Gasteiger partial charge in [0.05, 0.1) is 18.6 Å². The minimum Gasteiger partial charge on any atom is -0.494 e. The average Bonchev–Trinajstić information content (AvgIpc) is 2.57. The van der Waals surface area contributed by atoms with E-state index in [4.69, 9.17) is 4.74 Å². The van der Waals surface area contributed by atoms with Crippen LogP contribution in [-0.2, 0) is 10.0 Å². The predicted molar refractivity (Wildman–Crippen MR) is 99.7 cm³/mol. The molecule has 8 heteroatoms. The highest BCUT2D eigenvalue weighted by Crippen LogP contribution is 2.21. The number of rotatable bonds is 8. The molecule has 0 unspecified atom stereocenters. The Bertz CT molecular complexity index is 867. The molecular weight excluding hydrogens is 359 g/mol. The molecule has 0 radical (unpaired) electrons. The van der Waals surface area contributed by atoms with E-state index in [9.17, 15) is 17.6 Å². The van der Waals surface area contributed by atoms with Crippen molar-refractivity contribution < 1.29 is 22.3 Å². The smallest absolute Gasteiger partial charge is 0.255 e. The second-order valence-electron chi connectivity index (χ2n) is 5.75. The molecule has 2 N–H and O–H groups in total. The first-order valence-electron chi connectivity index (χ1n) is 8.10. The summed E-state index contributed by atoms with van der Waals surface area (Å²) in [5.74, 6) is -0.458. The van der Waals surface area contributed by atoms with E-state index < -0.39 is 21.7 Å². The monoisotopic (exact) mass is 380 g/mol. The quantitative estimate of drug-likeness (QED) is 0.685. The highest BCUT2D eigenvalue weighted by atomic mass is 32.2. The standard InChI is InChI=1S/C18H21FN2O4S/c1-3-4-11-25-15-8-5-13(6-9-15)18(22)20-14-7-10-16(19)17(12-14)21-26(2,23)24/h5-10,12,21H,3-4,11H2,1-2H3,(H,20,22). The maximum Gasteiger partial charge on any atom is 0.255 e. The molecule has 0 heterocycles. The zero-order chi connectivity index (χ0) is 19.2. The van der Waals surface area contributed by atoms with E-state index in [1.807, 2.05) is 0 Å². The highest BCUT2D eigenvalue weighted by Gasteiger charge is 2.11. The molecule has 0 aliphatic rings. The number of unbranched alkanes of at least 4 members (excludes halogenated alkanes) is 1. The lowest BCUT2D eigenvalue weighted by Crippen LogP contribution is -2.14. The second-order valence-corrected chi connectivity index (χ2v) is 7.50. The lowest BCUT2D eigenvalue weighted by atomic mass is 10.2.